The molecular weight excluding hydrogens is 392 g/mol. The van der Waals surface area contributed by atoms with E-state index in [9.17, 15) is 9.90 Å². The van der Waals surface area contributed by atoms with Gasteiger partial charge >= 0.3 is 0 Å². The van der Waals surface area contributed by atoms with Gasteiger partial charge in [-0.2, -0.15) is 0 Å². The topological polar surface area (TPSA) is 37.3 Å². The van der Waals surface area contributed by atoms with Crippen molar-refractivity contribution in [2.24, 2.45) is 56.2 Å². The average molecular weight is 443 g/mol. The molecule has 9 atom stereocenters. The highest BCUT2D eigenvalue weighted by atomic mass is 16.3. The van der Waals surface area contributed by atoms with Gasteiger partial charge in [0.25, 0.3) is 0 Å². The molecule has 5 aliphatic rings. The van der Waals surface area contributed by atoms with Crippen molar-refractivity contribution < 1.29 is 9.90 Å². The Bertz CT molecular complexity index is 812. The zero-order valence-electron chi connectivity index (χ0n) is 22.3. The third-order valence-electron chi connectivity index (χ3n) is 13.4. The van der Waals surface area contributed by atoms with Gasteiger partial charge in [0.2, 0.25) is 0 Å². The van der Waals surface area contributed by atoms with Gasteiger partial charge in [-0.1, -0.05) is 55.4 Å². The fraction of sp³-hybridized carbons (Fsp3) is 0.967. The summed E-state index contributed by atoms with van der Waals surface area (Å²) in [6.45, 7) is 19.8. The molecular formula is C30H50O2. The number of aliphatic hydroxyl groups excluding tert-OH is 1. The van der Waals surface area contributed by atoms with Crippen molar-refractivity contribution in [3.63, 3.8) is 0 Å². The van der Waals surface area contributed by atoms with E-state index in [2.05, 4.69) is 55.4 Å². The normalized spacial score (nSPS) is 56.4. The van der Waals surface area contributed by atoms with Gasteiger partial charge in [-0.25, -0.2) is 0 Å². The van der Waals surface area contributed by atoms with Gasteiger partial charge in [-0.05, 0) is 109 Å². The summed E-state index contributed by atoms with van der Waals surface area (Å²) in [6, 6.07) is 0. The molecule has 5 rings (SSSR count). The van der Waals surface area contributed by atoms with Crippen LogP contribution in [0.3, 0.4) is 0 Å². The first-order valence-electron chi connectivity index (χ1n) is 13.8. The molecule has 5 fully saturated rings. The van der Waals surface area contributed by atoms with Crippen LogP contribution in [0.4, 0.5) is 0 Å². The van der Waals surface area contributed by atoms with Crippen molar-refractivity contribution in [2.75, 3.05) is 0 Å². The van der Waals surface area contributed by atoms with Crippen LogP contribution in [-0.2, 0) is 4.79 Å². The first kappa shape index (κ1) is 23.4. The average Bonchev–Trinajstić information content (AvgIpc) is 2.68. The van der Waals surface area contributed by atoms with Gasteiger partial charge < -0.3 is 5.11 Å². The maximum Gasteiger partial charge on any atom is 0.162 e. The Hall–Kier alpha value is -0.370. The number of Topliss-reactive ketones (excluding diaryl/α,β-unsaturated/α-hetero) is 1. The van der Waals surface area contributed by atoms with Crippen molar-refractivity contribution in [1.29, 1.82) is 0 Å². The zero-order chi connectivity index (χ0) is 23.5. The quantitative estimate of drug-likeness (QED) is 0.423. The molecule has 0 amide bonds. The highest BCUT2D eigenvalue weighted by molar-refractivity contribution is 5.85. The Morgan fingerprint density at radius 3 is 2.06 bits per heavy atom. The third kappa shape index (κ3) is 2.77. The second kappa shape index (κ2) is 6.64. The van der Waals surface area contributed by atoms with E-state index in [-0.39, 0.29) is 16.6 Å². The summed E-state index contributed by atoms with van der Waals surface area (Å²) >= 11 is 0. The lowest BCUT2D eigenvalue weighted by Crippen LogP contribution is -2.68. The van der Waals surface area contributed by atoms with E-state index in [0.717, 1.165) is 11.8 Å². The summed E-state index contributed by atoms with van der Waals surface area (Å²) in [7, 11) is 0. The molecule has 0 aromatic rings. The van der Waals surface area contributed by atoms with E-state index in [4.69, 9.17) is 0 Å². The summed E-state index contributed by atoms with van der Waals surface area (Å²) in [4.78, 5) is 13.1. The van der Waals surface area contributed by atoms with Crippen LogP contribution < -0.4 is 0 Å². The molecule has 0 bridgehead atoms. The Kier molecular flexibility index (Phi) is 4.85. The van der Waals surface area contributed by atoms with E-state index >= 15 is 0 Å². The number of ketones is 1. The molecule has 5 saturated carbocycles. The maximum absolute atomic E-state index is 13.1. The van der Waals surface area contributed by atoms with E-state index in [1.165, 1.54) is 57.8 Å². The highest BCUT2D eigenvalue weighted by Gasteiger charge is 2.70. The monoisotopic (exact) mass is 442 g/mol. The molecule has 2 heteroatoms. The second-order valence-corrected chi connectivity index (χ2v) is 15.7. The minimum absolute atomic E-state index is 0.0351. The van der Waals surface area contributed by atoms with Gasteiger partial charge in [0, 0.05) is 11.8 Å². The first-order valence-corrected chi connectivity index (χ1v) is 13.8. The van der Waals surface area contributed by atoms with Crippen molar-refractivity contribution in [3.05, 3.63) is 0 Å². The van der Waals surface area contributed by atoms with E-state index < -0.39 is 6.10 Å². The minimum atomic E-state index is -0.781. The van der Waals surface area contributed by atoms with Gasteiger partial charge in [0.05, 0.1) is 0 Å². The van der Waals surface area contributed by atoms with Crippen LogP contribution in [-0.4, -0.2) is 17.0 Å². The van der Waals surface area contributed by atoms with Gasteiger partial charge in [-0.15, -0.1) is 0 Å². The summed E-state index contributed by atoms with van der Waals surface area (Å²) in [5.41, 5.74) is 1.44. The Morgan fingerprint density at radius 2 is 1.38 bits per heavy atom. The van der Waals surface area contributed by atoms with Crippen LogP contribution in [0.5, 0.6) is 0 Å². The van der Waals surface area contributed by atoms with Crippen molar-refractivity contribution in [3.8, 4) is 0 Å². The van der Waals surface area contributed by atoms with Crippen LogP contribution in [0.25, 0.3) is 0 Å². The number of hydrogen-bond donors (Lipinski definition) is 1. The molecule has 5 aliphatic carbocycles. The molecule has 0 saturated heterocycles. The number of rotatable bonds is 0. The fourth-order valence-corrected chi connectivity index (χ4v) is 11.2. The van der Waals surface area contributed by atoms with Crippen molar-refractivity contribution >= 4 is 5.78 Å². The Morgan fingerprint density at radius 1 is 0.719 bits per heavy atom. The van der Waals surface area contributed by atoms with Crippen LogP contribution in [0.15, 0.2) is 0 Å². The predicted octanol–water partition coefficient (Wildman–Crippen LogP) is 7.43. The van der Waals surface area contributed by atoms with E-state index in [0.29, 0.717) is 39.9 Å². The summed E-state index contributed by atoms with van der Waals surface area (Å²) in [5, 5.41) is 10.8. The lowest BCUT2D eigenvalue weighted by Gasteiger charge is -2.73. The molecule has 182 valence electrons. The Balaban J connectivity index is 1.54. The van der Waals surface area contributed by atoms with E-state index in [1.54, 1.807) is 0 Å². The first-order chi connectivity index (χ1) is 14.6. The smallest absolute Gasteiger partial charge is 0.162 e. The van der Waals surface area contributed by atoms with Crippen LogP contribution in [0.1, 0.15) is 120 Å². The summed E-state index contributed by atoms with van der Waals surface area (Å²) in [6.07, 6.45) is 11.9. The highest BCUT2D eigenvalue weighted by Crippen LogP contribution is 2.76. The van der Waals surface area contributed by atoms with Crippen LogP contribution in [0.2, 0.25) is 0 Å². The molecule has 0 spiro atoms. The molecule has 0 aromatic carbocycles. The molecule has 2 unspecified atom stereocenters. The molecule has 0 aromatic heterocycles. The summed E-state index contributed by atoms with van der Waals surface area (Å²) < 4.78 is 0. The lowest BCUT2D eigenvalue weighted by molar-refractivity contribution is -0.248. The third-order valence-corrected chi connectivity index (χ3v) is 13.4. The predicted molar refractivity (Wildman–Crippen MR) is 131 cm³/mol. The van der Waals surface area contributed by atoms with Crippen LogP contribution in [0, 0.1) is 56.2 Å². The fourth-order valence-electron chi connectivity index (χ4n) is 11.2. The van der Waals surface area contributed by atoms with E-state index in [1.807, 2.05) is 0 Å². The molecule has 1 N–H and O–H groups in total. The lowest BCUT2D eigenvalue weighted by atomic mass is 9.31. The molecule has 0 aliphatic heterocycles. The number of carbonyl (C=O) groups excluding carboxylic acids is 1. The van der Waals surface area contributed by atoms with Crippen molar-refractivity contribution in [1.82, 2.24) is 0 Å². The number of aliphatic hydroxyl groups is 1. The molecule has 2 nitrogen and oxygen atoms in total. The SMILES string of the molecule is CC1(C)CC[C@]2(C)CC[C@]3(C)[C@H](CC[C@@H]4[C@@]5(C)CC(=O)C(O)C(C)(C)C5CC[C@]43C)[C@H]2C1. The van der Waals surface area contributed by atoms with Crippen LogP contribution >= 0.6 is 0 Å². The number of hydrogen-bond acceptors (Lipinski definition) is 2. The number of carbonyl (C=O) groups is 1. The Labute approximate surface area is 197 Å². The minimum Gasteiger partial charge on any atom is -0.385 e. The molecule has 32 heavy (non-hydrogen) atoms. The molecule has 0 radical (unpaired) electrons. The largest absolute Gasteiger partial charge is 0.385 e. The second-order valence-electron chi connectivity index (χ2n) is 15.7. The number of fused-ring (bicyclic) bond motifs is 7. The van der Waals surface area contributed by atoms with Gasteiger partial charge in [0.15, 0.2) is 5.78 Å². The zero-order valence-corrected chi connectivity index (χ0v) is 22.3. The molecule has 0 heterocycles. The van der Waals surface area contributed by atoms with Crippen molar-refractivity contribution in [2.45, 2.75) is 126 Å². The summed E-state index contributed by atoms with van der Waals surface area (Å²) in [5.74, 6) is 2.85. The van der Waals surface area contributed by atoms with Gasteiger partial charge in [0.1, 0.15) is 6.10 Å². The van der Waals surface area contributed by atoms with Gasteiger partial charge in [-0.3, -0.25) is 4.79 Å². The standard InChI is InChI=1S/C30H50O2/c1-25(2)13-14-27(5)15-16-29(7)19(20(27)17-25)9-10-23-28(6)18-21(31)24(32)26(3,4)22(28)11-12-30(23,29)8/h19-20,22-24,32H,9-18H2,1-8H3/t19-,20-,22?,23-,24?,27-,28+,29-,30-/m1/s1. The maximum atomic E-state index is 13.1.